The van der Waals surface area contributed by atoms with Gasteiger partial charge in [-0.05, 0) is 33.9 Å². The number of hydrogen-bond donors (Lipinski definition) is 0. The molecule has 0 fully saturated rings. The van der Waals surface area contributed by atoms with Crippen molar-refractivity contribution in [2.75, 3.05) is 0 Å². The first-order valence-electron chi connectivity index (χ1n) is 14.2. The van der Waals surface area contributed by atoms with Gasteiger partial charge in [-0.1, -0.05) is 60.0 Å². The second kappa shape index (κ2) is 13.6. The van der Waals surface area contributed by atoms with Crippen molar-refractivity contribution in [2.24, 2.45) is 7.05 Å². The first kappa shape index (κ1) is 29.9. The quantitative estimate of drug-likeness (QED) is 0.0722. The third-order valence-corrected chi connectivity index (χ3v) is 7.59. The fraction of sp³-hybridized carbons (Fsp3) is 0.0250. The molecular formula is C40H27N3Sr. The smallest absolute Gasteiger partial charge is 0.304 e. The van der Waals surface area contributed by atoms with E-state index in [0.29, 0.717) is 0 Å². The van der Waals surface area contributed by atoms with E-state index in [0.717, 1.165) is 21.8 Å². The molecule has 0 saturated heterocycles. The van der Waals surface area contributed by atoms with E-state index < -0.39 is 0 Å². The predicted molar refractivity (Wildman–Crippen MR) is 183 cm³/mol. The Balaban J connectivity index is 0.000000116. The van der Waals surface area contributed by atoms with Crippen molar-refractivity contribution in [1.29, 1.82) is 0 Å². The van der Waals surface area contributed by atoms with E-state index in [9.17, 15) is 0 Å². The zero-order valence-corrected chi connectivity index (χ0v) is 27.9. The molecule has 0 N–H and O–H groups in total. The molecule has 44 heavy (non-hydrogen) atoms. The van der Waals surface area contributed by atoms with Crippen LogP contribution in [0.2, 0.25) is 0 Å². The molecule has 0 aliphatic rings. The number of rotatable bonds is 0. The maximum absolute atomic E-state index is 4.38. The molecule has 9 rings (SSSR count). The van der Waals surface area contributed by atoms with Crippen LogP contribution >= 0.6 is 0 Å². The molecule has 204 valence electrons. The van der Waals surface area contributed by atoms with Crippen molar-refractivity contribution in [3.8, 4) is 0 Å². The number of pyridine rings is 3. The Morgan fingerprint density at radius 1 is 0.455 bits per heavy atom. The Kier molecular flexibility index (Phi) is 9.25. The number of aryl methyl sites for hydroxylation is 1. The summed E-state index contributed by atoms with van der Waals surface area (Å²) in [7, 11) is 2.07. The Bertz CT molecular complexity index is 2160. The van der Waals surface area contributed by atoms with Gasteiger partial charge in [0, 0.05) is 23.8 Å². The van der Waals surface area contributed by atoms with Crippen molar-refractivity contribution < 1.29 is 4.57 Å². The van der Waals surface area contributed by atoms with Gasteiger partial charge < -0.3 is 9.97 Å². The maximum atomic E-state index is 4.38. The number of benzene rings is 6. The van der Waals surface area contributed by atoms with Crippen LogP contribution in [0.15, 0.2) is 146 Å². The Morgan fingerprint density at radius 3 is 1.41 bits per heavy atom. The predicted octanol–water partition coefficient (Wildman–Crippen LogP) is 8.61. The molecule has 4 heteroatoms. The molecule has 0 atom stereocenters. The van der Waals surface area contributed by atoms with E-state index in [2.05, 4.69) is 125 Å². The normalized spacial score (nSPS) is 10.7. The number of nitrogens with zero attached hydrogens (tertiary/aromatic N) is 3. The number of fused-ring (bicyclic) bond motifs is 9. The molecule has 0 saturated carbocycles. The molecule has 3 heterocycles. The van der Waals surface area contributed by atoms with Crippen molar-refractivity contribution in [3.05, 3.63) is 164 Å². The third-order valence-electron chi connectivity index (χ3n) is 7.59. The average Bonchev–Trinajstić information content (AvgIpc) is 3.09. The van der Waals surface area contributed by atoms with Gasteiger partial charge in [-0.2, -0.15) is 0 Å². The van der Waals surface area contributed by atoms with Crippen molar-refractivity contribution in [2.45, 2.75) is 0 Å². The summed E-state index contributed by atoms with van der Waals surface area (Å²) in [5.41, 5.74) is 3.31. The van der Waals surface area contributed by atoms with Gasteiger partial charge in [0.15, 0.2) is 6.20 Å². The molecule has 0 unspecified atom stereocenters. The Morgan fingerprint density at radius 2 is 0.864 bits per heavy atom. The van der Waals surface area contributed by atoms with E-state index in [4.69, 9.17) is 0 Å². The number of aromatic nitrogens is 3. The Hall–Kier alpha value is -4.19. The van der Waals surface area contributed by atoms with E-state index in [1.807, 2.05) is 60.9 Å². The van der Waals surface area contributed by atoms with Gasteiger partial charge >= 0.3 is 45.5 Å². The summed E-state index contributed by atoms with van der Waals surface area (Å²) >= 11 is 0. The molecule has 3 nitrogen and oxygen atoms in total. The van der Waals surface area contributed by atoms with Crippen LogP contribution in [0.25, 0.3) is 65.0 Å². The molecule has 0 amide bonds. The van der Waals surface area contributed by atoms with Gasteiger partial charge in [0.05, 0.1) is 0 Å². The van der Waals surface area contributed by atoms with Crippen LogP contribution < -0.4 is 4.57 Å². The SMILES string of the molecule is C[n+]1cccc2ccc3ccc[c-]c3c21.[Sr+2].[c-]1cccc2ccc3cccnc3c12.[c-]1cccc2ccc3cccnc3c12. The average molecular weight is 637 g/mol. The molecular weight excluding hydrogens is 610 g/mol. The summed E-state index contributed by atoms with van der Waals surface area (Å²) < 4.78 is 2.15. The van der Waals surface area contributed by atoms with Gasteiger partial charge in [0.2, 0.25) is 0 Å². The summed E-state index contributed by atoms with van der Waals surface area (Å²) in [4.78, 5) is 8.76. The molecule has 3 aromatic heterocycles. The fourth-order valence-electron chi connectivity index (χ4n) is 5.53. The van der Waals surface area contributed by atoms with Crippen molar-refractivity contribution in [1.82, 2.24) is 9.97 Å². The van der Waals surface area contributed by atoms with E-state index in [1.54, 1.807) is 0 Å². The van der Waals surface area contributed by atoms with Crippen molar-refractivity contribution >= 4 is 111 Å². The van der Waals surface area contributed by atoms with Gasteiger partial charge in [0.25, 0.3) is 0 Å². The van der Waals surface area contributed by atoms with Crippen LogP contribution in [0.5, 0.6) is 0 Å². The van der Waals surface area contributed by atoms with E-state index >= 15 is 0 Å². The van der Waals surface area contributed by atoms with E-state index in [1.165, 1.54) is 43.2 Å². The molecule has 0 bridgehead atoms. The van der Waals surface area contributed by atoms with Gasteiger partial charge in [-0.3, -0.25) is 0 Å². The van der Waals surface area contributed by atoms with Crippen LogP contribution in [-0.4, -0.2) is 55.4 Å². The molecule has 6 aromatic carbocycles. The molecule has 0 aliphatic carbocycles. The van der Waals surface area contributed by atoms with Crippen molar-refractivity contribution in [3.63, 3.8) is 0 Å². The standard InChI is InChI=1S/C14H11N.2C13H8N.Sr/c1-15-10-4-6-12-9-8-11-5-2-3-7-13(11)14(12)15;2*1-2-6-12-10(4-1)7-8-11-5-3-9-14-13(11)12;/h2-6,8-10H,1H3;2*1-5,7-9H;/q;2*-1;+2. The largest absolute Gasteiger partial charge is 2.00 e. The Labute approximate surface area is 293 Å². The van der Waals surface area contributed by atoms with Crippen LogP contribution in [0.4, 0.5) is 0 Å². The van der Waals surface area contributed by atoms with Gasteiger partial charge in [-0.25, -0.2) is 4.57 Å². The van der Waals surface area contributed by atoms with Crippen LogP contribution in [-0.2, 0) is 7.05 Å². The topological polar surface area (TPSA) is 29.7 Å². The van der Waals surface area contributed by atoms with Crippen LogP contribution in [0.1, 0.15) is 0 Å². The van der Waals surface area contributed by atoms with Crippen LogP contribution in [0, 0.1) is 18.2 Å². The van der Waals surface area contributed by atoms with Gasteiger partial charge in [0.1, 0.15) is 12.6 Å². The summed E-state index contributed by atoms with van der Waals surface area (Å²) in [5, 5.41) is 10.6. The van der Waals surface area contributed by atoms with Crippen LogP contribution in [0.3, 0.4) is 0 Å². The summed E-state index contributed by atoms with van der Waals surface area (Å²) in [6, 6.07) is 52.9. The minimum absolute atomic E-state index is 0. The molecule has 9 aromatic rings. The monoisotopic (exact) mass is 637 g/mol. The van der Waals surface area contributed by atoms with E-state index in [-0.39, 0.29) is 45.5 Å². The second-order valence-electron chi connectivity index (χ2n) is 10.3. The van der Waals surface area contributed by atoms with Gasteiger partial charge in [-0.15, -0.1) is 99.7 Å². The summed E-state index contributed by atoms with van der Waals surface area (Å²) in [6.07, 6.45) is 5.72. The minimum atomic E-state index is 0. The second-order valence-corrected chi connectivity index (χ2v) is 10.3. The zero-order chi connectivity index (χ0) is 29.0. The molecule has 0 aliphatic heterocycles. The summed E-state index contributed by atoms with van der Waals surface area (Å²) in [6.45, 7) is 0. The molecule has 0 spiro atoms. The minimum Gasteiger partial charge on any atom is -0.304 e. The fourth-order valence-corrected chi connectivity index (χ4v) is 5.53. The first-order valence-corrected chi connectivity index (χ1v) is 14.2. The third kappa shape index (κ3) is 6.08. The summed E-state index contributed by atoms with van der Waals surface area (Å²) in [5.74, 6) is 0. The maximum Gasteiger partial charge on any atom is 2.00 e. The molecule has 0 radical (unpaired) electrons. The number of hydrogen-bond acceptors (Lipinski definition) is 2. The first-order chi connectivity index (χ1) is 21.3. The zero-order valence-electron chi connectivity index (χ0n) is 24.4.